The summed E-state index contributed by atoms with van der Waals surface area (Å²) in [6.07, 6.45) is 7.14. The predicted molar refractivity (Wildman–Crippen MR) is 123 cm³/mol. The lowest BCUT2D eigenvalue weighted by Crippen LogP contribution is -2.32. The summed E-state index contributed by atoms with van der Waals surface area (Å²) in [4.78, 5) is 2.74. The summed E-state index contributed by atoms with van der Waals surface area (Å²) in [6, 6.07) is 13.3. The number of hydrogen-bond donors (Lipinski definition) is 0. The Balaban J connectivity index is 1.54. The Morgan fingerprint density at radius 2 is 1.65 bits per heavy atom. The monoisotopic (exact) mass is 439 g/mol. The van der Waals surface area contributed by atoms with Crippen LogP contribution >= 0.6 is 11.8 Å². The standard InChI is InChI=1S/C26H24F3NS/c1-17-14-21(17)16-30-12-10-20(11-13-30)25-23-5-3-2-4-18(23)6-7-19-8-9-22(15-24(19)25)31-26(27,28)29/h2-9,15,21H,1,10-14,16H2. The summed E-state index contributed by atoms with van der Waals surface area (Å²) in [6.45, 7) is 7.14. The van der Waals surface area contributed by atoms with Crippen LogP contribution in [-0.2, 0) is 0 Å². The van der Waals surface area contributed by atoms with E-state index in [2.05, 4.69) is 29.7 Å². The fourth-order valence-corrected chi connectivity index (χ4v) is 5.27. The van der Waals surface area contributed by atoms with Crippen LogP contribution in [0.1, 0.15) is 41.5 Å². The molecule has 5 rings (SSSR count). The minimum Gasteiger partial charge on any atom is -0.302 e. The molecule has 0 N–H and O–H groups in total. The van der Waals surface area contributed by atoms with Crippen LogP contribution in [0.2, 0.25) is 0 Å². The molecule has 0 aromatic heterocycles. The summed E-state index contributed by atoms with van der Waals surface area (Å²) >= 11 is -0.0385. The highest BCUT2D eigenvalue weighted by molar-refractivity contribution is 8.00. The number of fused-ring (bicyclic) bond motifs is 2. The van der Waals surface area contributed by atoms with Gasteiger partial charge in [0.2, 0.25) is 0 Å². The molecule has 0 bridgehead atoms. The van der Waals surface area contributed by atoms with Crippen LogP contribution in [-0.4, -0.2) is 30.0 Å². The maximum atomic E-state index is 13.0. The predicted octanol–water partition coefficient (Wildman–Crippen LogP) is 7.26. The van der Waals surface area contributed by atoms with Crippen LogP contribution in [0, 0.1) is 5.92 Å². The van der Waals surface area contributed by atoms with Gasteiger partial charge in [0.05, 0.1) is 0 Å². The molecule has 2 aromatic rings. The van der Waals surface area contributed by atoms with Crippen molar-refractivity contribution in [3.05, 3.63) is 82.4 Å². The van der Waals surface area contributed by atoms with Crippen LogP contribution < -0.4 is 0 Å². The number of hydrogen-bond acceptors (Lipinski definition) is 2. The minimum absolute atomic E-state index is 0.0385. The zero-order valence-corrected chi connectivity index (χ0v) is 18.0. The third kappa shape index (κ3) is 4.53. The highest BCUT2D eigenvalue weighted by atomic mass is 32.2. The van der Waals surface area contributed by atoms with E-state index in [1.165, 1.54) is 11.1 Å². The molecule has 5 heteroatoms. The number of thioether (sulfide) groups is 1. The second-order valence-electron chi connectivity index (χ2n) is 8.56. The van der Waals surface area contributed by atoms with Crippen LogP contribution in [0.25, 0.3) is 17.7 Å². The van der Waals surface area contributed by atoms with Crippen LogP contribution in [0.5, 0.6) is 0 Å². The SMILES string of the molecule is C=C1CC1CN1CCC(=C2c3ccccc3C=Cc3ccc(SC(F)(F)F)cc32)CC1. The molecule has 0 radical (unpaired) electrons. The second kappa shape index (κ2) is 8.03. The van der Waals surface area contributed by atoms with Gasteiger partial charge in [0, 0.05) is 24.5 Å². The molecule has 2 fully saturated rings. The van der Waals surface area contributed by atoms with E-state index in [0.29, 0.717) is 5.92 Å². The molecule has 2 aromatic carbocycles. The van der Waals surface area contributed by atoms with Gasteiger partial charge in [0.15, 0.2) is 0 Å². The molecule has 31 heavy (non-hydrogen) atoms. The van der Waals surface area contributed by atoms with Crippen molar-refractivity contribution in [3.8, 4) is 0 Å². The Kier molecular flexibility index (Phi) is 5.35. The van der Waals surface area contributed by atoms with Gasteiger partial charge in [0.25, 0.3) is 0 Å². The molecule has 1 aliphatic heterocycles. The molecule has 1 unspecified atom stereocenters. The molecule has 1 atom stereocenters. The van der Waals surface area contributed by atoms with Gasteiger partial charge in [0.1, 0.15) is 0 Å². The minimum atomic E-state index is -4.29. The molecule has 2 aliphatic carbocycles. The molecular weight excluding hydrogens is 415 g/mol. The smallest absolute Gasteiger partial charge is 0.302 e. The highest BCUT2D eigenvalue weighted by Gasteiger charge is 2.32. The normalized spacial score (nSPS) is 21.0. The van der Waals surface area contributed by atoms with Gasteiger partial charge in [-0.3, -0.25) is 0 Å². The Bertz CT molecular complexity index is 1090. The lowest BCUT2D eigenvalue weighted by atomic mass is 9.86. The lowest BCUT2D eigenvalue weighted by molar-refractivity contribution is -0.0328. The van der Waals surface area contributed by atoms with E-state index in [-0.39, 0.29) is 16.7 Å². The molecule has 1 nitrogen and oxygen atoms in total. The summed E-state index contributed by atoms with van der Waals surface area (Å²) < 4.78 is 39.1. The first kappa shape index (κ1) is 20.7. The largest absolute Gasteiger partial charge is 0.446 e. The molecule has 1 saturated carbocycles. The van der Waals surface area contributed by atoms with E-state index < -0.39 is 5.51 Å². The number of piperidine rings is 1. The van der Waals surface area contributed by atoms with Crippen molar-refractivity contribution in [2.45, 2.75) is 29.7 Å². The molecule has 1 saturated heterocycles. The summed E-state index contributed by atoms with van der Waals surface area (Å²) in [7, 11) is 0. The third-order valence-corrected chi connectivity index (χ3v) is 7.14. The zero-order valence-electron chi connectivity index (χ0n) is 17.2. The molecule has 0 spiro atoms. The highest BCUT2D eigenvalue weighted by Crippen LogP contribution is 2.43. The number of alkyl halides is 3. The zero-order chi connectivity index (χ0) is 21.6. The number of rotatable bonds is 3. The van der Waals surface area contributed by atoms with Crippen LogP contribution in [0.15, 0.2) is 65.1 Å². The van der Waals surface area contributed by atoms with Crippen molar-refractivity contribution >= 4 is 29.5 Å². The van der Waals surface area contributed by atoms with E-state index in [0.717, 1.165) is 66.7 Å². The van der Waals surface area contributed by atoms with Gasteiger partial charge in [-0.25, -0.2) is 0 Å². The fourth-order valence-electron chi connectivity index (χ4n) is 4.69. The topological polar surface area (TPSA) is 3.24 Å². The van der Waals surface area contributed by atoms with Crippen molar-refractivity contribution in [1.29, 1.82) is 0 Å². The average Bonchev–Trinajstić information content (AvgIpc) is 3.45. The first-order valence-electron chi connectivity index (χ1n) is 10.7. The molecular formula is C26H24F3NS. The van der Waals surface area contributed by atoms with Gasteiger partial charge in [-0.2, -0.15) is 13.2 Å². The number of halogens is 3. The van der Waals surface area contributed by atoms with Crippen molar-refractivity contribution in [1.82, 2.24) is 4.90 Å². The van der Waals surface area contributed by atoms with E-state index in [9.17, 15) is 13.2 Å². The molecule has 0 amide bonds. The van der Waals surface area contributed by atoms with Gasteiger partial charge in [-0.1, -0.05) is 60.2 Å². The maximum absolute atomic E-state index is 13.0. The maximum Gasteiger partial charge on any atom is 0.446 e. The van der Waals surface area contributed by atoms with E-state index in [1.807, 2.05) is 24.3 Å². The average molecular weight is 440 g/mol. The number of likely N-dealkylation sites (tertiary alicyclic amines) is 1. The van der Waals surface area contributed by atoms with Crippen molar-refractivity contribution in [2.24, 2.45) is 5.92 Å². The quantitative estimate of drug-likeness (QED) is 0.312. The Morgan fingerprint density at radius 1 is 0.968 bits per heavy atom. The van der Waals surface area contributed by atoms with Crippen LogP contribution in [0.4, 0.5) is 13.2 Å². The summed E-state index contributed by atoms with van der Waals surface area (Å²) in [5.41, 5.74) is 3.65. The first-order valence-corrected chi connectivity index (χ1v) is 11.5. The van der Waals surface area contributed by atoms with Crippen molar-refractivity contribution in [2.75, 3.05) is 19.6 Å². The van der Waals surface area contributed by atoms with Crippen LogP contribution in [0.3, 0.4) is 0 Å². The second-order valence-corrected chi connectivity index (χ2v) is 9.69. The molecule has 1 heterocycles. The molecule has 160 valence electrons. The van der Waals surface area contributed by atoms with Gasteiger partial charge < -0.3 is 4.90 Å². The lowest BCUT2D eigenvalue weighted by Gasteiger charge is -2.30. The van der Waals surface area contributed by atoms with Crippen molar-refractivity contribution < 1.29 is 13.2 Å². The molecule has 3 aliphatic rings. The first-order chi connectivity index (χ1) is 14.9. The number of nitrogens with zero attached hydrogens (tertiary/aromatic N) is 1. The third-order valence-electron chi connectivity index (χ3n) is 6.42. The van der Waals surface area contributed by atoms with Gasteiger partial charge in [-0.15, -0.1) is 0 Å². The Morgan fingerprint density at radius 3 is 2.32 bits per heavy atom. The van der Waals surface area contributed by atoms with E-state index in [4.69, 9.17) is 0 Å². The van der Waals surface area contributed by atoms with Crippen molar-refractivity contribution in [3.63, 3.8) is 0 Å². The number of benzene rings is 2. The summed E-state index contributed by atoms with van der Waals surface area (Å²) in [5, 5.41) is 0. The van der Waals surface area contributed by atoms with Gasteiger partial charge in [-0.05, 0) is 76.9 Å². The summed E-state index contributed by atoms with van der Waals surface area (Å²) in [5.74, 6) is 0.652. The Labute approximate surface area is 185 Å². The fraction of sp³-hybridized carbons (Fsp3) is 0.308. The Hall–Kier alpha value is -2.24. The van der Waals surface area contributed by atoms with Gasteiger partial charge >= 0.3 is 5.51 Å². The van der Waals surface area contributed by atoms with E-state index >= 15 is 0 Å². The van der Waals surface area contributed by atoms with E-state index in [1.54, 1.807) is 12.1 Å².